The van der Waals surface area contributed by atoms with Crippen molar-refractivity contribution in [3.8, 4) is 0 Å². The van der Waals surface area contributed by atoms with Crippen molar-refractivity contribution in [3.05, 3.63) is 11.6 Å². The van der Waals surface area contributed by atoms with Crippen LogP contribution < -0.4 is 0 Å². The van der Waals surface area contributed by atoms with Crippen LogP contribution in [0.15, 0.2) is 11.6 Å². The summed E-state index contributed by atoms with van der Waals surface area (Å²) in [6, 6.07) is 0. The molecule has 1 aliphatic carbocycles. The number of allylic oxidation sites excluding steroid dienone is 2. The van der Waals surface area contributed by atoms with Gasteiger partial charge in [0, 0.05) is 0 Å². The Balaban J connectivity index is 2.58. The van der Waals surface area contributed by atoms with Gasteiger partial charge in [-0.05, 0) is 25.0 Å². The Hall–Kier alpha value is -0.920. The summed E-state index contributed by atoms with van der Waals surface area (Å²) in [6.45, 7) is 3.77. The molecule has 2 nitrogen and oxygen atoms in total. The summed E-state index contributed by atoms with van der Waals surface area (Å²) < 4.78 is 0. The second-order valence-electron chi connectivity index (χ2n) is 3.29. The number of rotatable bonds is 3. The number of unbranched alkanes of at least 4 members (excludes halogenated alkanes) is 1. The zero-order chi connectivity index (χ0) is 9.14. The van der Waals surface area contributed by atoms with E-state index in [-0.39, 0.29) is 17.5 Å². The van der Waals surface area contributed by atoms with Gasteiger partial charge in [-0.25, -0.2) is 0 Å². The van der Waals surface area contributed by atoms with Crippen molar-refractivity contribution in [2.24, 2.45) is 5.92 Å². The molecule has 0 aromatic carbocycles. The molecule has 0 saturated heterocycles. The van der Waals surface area contributed by atoms with E-state index in [0.29, 0.717) is 5.57 Å². The first-order chi connectivity index (χ1) is 5.66. The van der Waals surface area contributed by atoms with E-state index in [1.54, 1.807) is 6.92 Å². The maximum absolute atomic E-state index is 11.3. The van der Waals surface area contributed by atoms with E-state index in [1.807, 2.05) is 0 Å². The number of ketones is 2. The topological polar surface area (TPSA) is 34.1 Å². The van der Waals surface area contributed by atoms with Gasteiger partial charge in [0.1, 0.15) is 0 Å². The molecule has 12 heavy (non-hydrogen) atoms. The lowest BCUT2D eigenvalue weighted by Crippen LogP contribution is -2.16. The summed E-state index contributed by atoms with van der Waals surface area (Å²) in [7, 11) is 0. The van der Waals surface area contributed by atoms with Crippen molar-refractivity contribution in [1.82, 2.24) is 0 Å². The van der Waals surface area contributed by atoms with Crippen LogP contribution in [-0.2, 0) is 9.59 Å². The van der Waals surface area contributed by atoms with Crippen molar-refractivity contribution >= 4 is 11.6 Å². The predicted octanol–water partition coefficient (Wildman–Crippen LogP) is 1.89. The van der Waals surface area contributed by atoms with Gasteiger partial charge in [0.05, 0.1) is 5.92 Å². The highest BCUT2D eigenvalue weighted by molar-refractivity contribution is 6.21. The smallest absolute Gasteiger partial charge is 0.169 e. The third kappa shape index (κ3) is 1.63. The van der Waals surface area contributed by atoms with Crippen LogP contribution >= 0.6 is 0 Å². The standard InChI is InChI=1S/C10H14O2/c1-3-4-5-8-9(11)6-7(2)10(8)12/h6,8H,3-5H2,1-2H3. The molecule has 0 spiro atoms. The fraction of sp³-hybridized carbons (Fsp3) is 0.600. The zero-order valence-electron chi connectivity index (χ0n) is 7.59. The second kappa shape index (κ2) is 3.65. The first-order valence-electron chi connectivity index (χ1n) is 4.43. The Kier molecular flexibility index (Phi) is 2.79. The quantitative estimate of drug-likeness (QED) is 0.600. The average molecular weight is 166 g/mol. The summed E-state index contributed by atoms with van der Waals surface area (Å²) in [6.07, 6.45) is 4.20. The van der Waals surface area contributed by atoms with E-state index in [1.165, 1.54) is 6.08 Å². The Morgan fingerprint density at radius 2 is 2.08 bits per heavy atom. The predicted molar refractivity (Wildman–Crippen MR) is 46.8 cm³/mol. The molecular formula is C10H14O2. The minimum Gasteiger partial charge on any atom is -0.294 e. The SMILES string of the molecule is CCCCC1C(=O)C=C(C)C1=O. The van der Waals surface area contributed by atoms with E-state index in [9.17, 15) is 9.59 Å². The first kappa shape index (κ1) is 9.17. The van der Waals surface area contributed by atoms with Crippen molar-refractivity contribution in [3.63, 3.8) is 0 Å². The molecule has 0 radical (unpaired) electrons. The van der Waals surface area contributed by atoms with Crippen LogP contribution in [0.5, 0.6) is 0 Å². The van der Waals surface area contributed by atoms with Gasteiger partial charge in [-0.1, -0.05) is 19.8 Å². The minimum absolute atomic E-state index is 0.00551. The highest BCUT2D eigenvalue weighted by atomic mass is 16.2. The highest BCUT2D eigenvalue weighted by Crippen LogP contribution is 2.22. The van der Waals surface area contributed by atoms with Gasteiger partial charge in [0.15, 0.2) is 11.6 Å². The first-order valence-corrected chi connectivity index (χ1v) is 4.43. The summed E-state index contributed by atoms with van der Waals surface area (Å²) in [5.74, 6) is -0.302. The number of carbonyl (C=O) groups excluding carboxylic acids is 2. The molecule has 0 aliphatic heterocycles. The molecule has 1 unspecified atom stereocenters. The summed E-state index contributed by atoms with van der Waals surface area (Å²) in [5.41, 5.74) is 0.626. The normalized spacial score (nSPS) is 23.2. The van der Waals surface area contributed by atoms with Crippen molar-refractivity contribution in [1.29, 1.82) is 0 Å². The molecule has 0 heterocycles. The molecule has 1 rings (SSSR count). The molecule has 2 heteroatoms. The van der Waals surface area contributed by atoms with Crippen LogP contribution in [-0.4, -0.2) is 11.6 Å². The molecule has 0 amide bonds. The van der Waals surface area contributed by atoms with Gasteiger partial charge in [-0.3, -0.25) is 9.59 Å². The Morgan fingerprint density at radius 3 is 2.50 bits per heavy atom. The van der Waals surface area contributed by atoms with Crippen LogP contribution in [0, 0.1) is 5.92 Å². The van der Waals surface area contributed by atoms with Gasteiger partial charge in [0.25, 0.3) is 0 Å². The molecule has 0 saturated carbocycles. The lowest BCUT2D eigenvalue weighted by molar-refractivity contribution is -0.126. The summed E-state index contributed by atoms with van der Waals surface area (Å²) in [4.78, 5) is 22.5. The molecule has 0 bridgehead atoms. The highest BCUT2D eigenvalue weighted by Gasteiger charge is 2.31. The molecule has 0 fully saturated rings. The second-order valence-corrected chi connectivity index (χ2v) is 3.29. The molecule has 0 aromatic rings. The maximum Gasteiger partial charge on any atom is 0.169 e. The third-order valence-electron chi connectivity index (χ3n) is 2.25. The number of hydrogen-bond acceptors (Lipinski definition) is 2. The van der Waals surface area contributed by atoms with Gasteiger partial charge in [0.2, 0.25) is 0 Å². The van der Waals surface area contributed by atoms with Crippen LogP contribution in [0.3, 0.4) is 0 Å². The number of Topliss-reactive ketones (excluding diaryl/α,β-unsaturated/α-hetero) is 1. The molecule has 1 atom stereocenters. The third-order valence-corrected chi connectivity index (χ3v) is 2.25. The molecule has 66 valence electrons. The average Bonchev–Trinajstić information content (AvgIpc) is 2.25. The van der Waals surface area contributed by atoms with Crippen LogP contribution in [0.25, 0.3) is 0 Å². The van der Waals surface area contributed by atoms with Gasteiger partial charge < -0.3 is 0 Å². The fourth-order valence-electron chi connectivity index (χ4n) is 1.47. The van der Waals surface area contributed by atoms with Crippen molar-refractivity contribution < 1.29 is 9.59 Å². The van der Waals surface area contributed by atoms with E-state index in [2.05, 4.69) is 6.92 Å². The largest absolute Gasteiger partial charge is 0.294 e. The Labute approximate surface area is 72.7 Å². The van der Waals surface area contributed by atoms with E-state index in [0.717, 1.165) is 19.3 Å². The minimum atomic E-state index is -0.343. The van der Waals surface area contributed by atoms with Gasteiger partial charge >= 0.3 is 0 Å². The summed E-state index contributed by atoms with van der Waals surface area (Å²) >= 11 is 0. The van der Waals surface area contributed by atoms with Crippen molar-refractivity contribution in [2.75, 3.05) is 0 Å². The zero-order valence-corrected chi connectivity index (χ0v) is 7.59. The lowest BCUT2D eigenvalue weighted by Gasteiger charge is -2.04. The molecule has 0 aromatic heterocycles. The Morgan fingerprint density at radius 1 is 1.42 bits per heavy atom. The van der Waals surface area contributed by atoms with Crippen LogP contribution in [0.2, 0.25) is 0 Å². The van der Waals surface area contributed by atoms with Crippen LogP contribution in [0.4, 0.5) is 0 Å². The van der Waals surface area contributed by atoms with E-state index in [4.69, 9.17) is 0 Å². The molecular weight excluding hydrogens is 152 g/mol. The molecule has 1 aliphatic rings. The van der Waals surface area contributed by atoms with Crippen molar-refractivity contribution in [2.45, 2.75) is 33.1 Å². The van der Waals surface area contributed by atoms with Gasteiger partial charge in [-0.15, -0.1) is 0 Å². The van der Waals surface area contributed by atoms with E-state index >= 15 is 0 Å². The fourth-order valence-corrected chi connectivity index (χ4v) is 1.47. The monoisotopic (exact) mass is 166 g/mol. The molecule has 0 N–H and O–H groups in total. The van der Waals surface area contributed by atoms with Gasteiger partial charge in [-0.2, -0.15) is 0 Å². The van der Waals surface area contributed by atoms with E-state index < -0.39 is 0 Å². The van der Waals surface area contributed by atoms with Crippen LogP contribution in [0.1, 0.15) is 33.1 Å². The lowest BCUT2D eigenvalue weighted by atomic mass is 9.97. The number of carbonyl (C=O) groups is 2. The Bertz CT molecular complexity index is 238. The number of hydrogen-bond donors (Lipinski definition) is 0. The maximum atomic E-state index is 11.3. The summed E-state index contributed by atoms with van der Waals surface area (Å²) in [5, 5.41) is 0.